The van der Waals surface area contributed by atoms with Crippen molar-refractivity contribution >= 4 is 23.2 Å². The molecule has 1 aromatic carbocycles. The molecule has 1 aromatic rings. The lowest BCUT2D eigenvalue weighted by Crippen LogP contribution is -1.95. The largest absolute Gasteiger partial charge is 0.338 e. The summed E-state index contributed by atoms with van der Waals surface area (Å²) < 4.78 is 0. The highest BCUT2D eigenvalue weighted by atomic mass is 35.5. The van der Waals surface area contributed by atoms with Gasteiger partial charge in [-0.2, -0.15) is 0 Å². The van der Waals surface area contributed by atoms with Gasteiger partial charge in [-0.3, -0.25) is 0 Å². The van der Waals surface area contributed by atoms with E-state index in [-0.39, 0.29) is 16.7 Å². The van der Waals surface area contributed by atoms with E-state index in [1.165, 1.54) is 0 Å². The lowest BCUT2D eigenvalue weighted by Gasteiger charge is -2.11. The van der Waals surface area contributed by atoms with Crippen LogP contribution >= 0.6 is 23.2 Å². The third kappa shape index (κ3) is 2.08. The van der Waals surface area contributed by atoms with Crippen molar-refractivity contribution in [3.8, 4) is 5.75 Å². The Labute approximate surface area is 87.0 Å². The minimum Gasteiger partial charge on any atom is -0.338 e. The average molecular weight is 221 g/mol. The highest BCUT2D eigenvalue weighted by Crippen LogP contribution is 2.37. The predicted octanol–water partition coefficient (Wildman–Crippen LogP) is 3.97. The third-order valence-corrected chi connectivity index (χ3v) is 2.58. The lowest BCUT2D eigenvalue weighted by atomic mass is 10.0. The SMILES string of the molecule is CC(C)c1ccc(Cl)c(Cl)c1OO. The molecule has 0 atom stereocenters. The van der Waals surface area contributed by atoms with Crippen molar-refractivity contribution in [2.75, 3.05) is 0 Å². The van der Waals surface area contributed by atoms with Crippen LogP contribution in [0.3, 0.4) is 0 Å². The van der Waals surface area contributed by atoms with E-state index in [4.69, 9.17) is 28.5 Å². The molecule has 0 amide bonds. The summed E-state index contributed by atoms with van der Waals surface area (Å²) in [6.45, 7) is 3.95. The molecule has 0 radical (unpaired) electrons. The minimum absolute atomic E-state index is 0.219. The standard InChI is InChI=1S/C9H10Cl2O2/c1-5(2)6-3-4-7(10)8(11)9(6)13-12/h3-5,12H,1-2H3. The van der Waals surface area contributed by atoms with Crippen LogP contribution in [0.1, 0.15) is 25.3 Å². The zero-order chi connectivity index (χ0) is 10.0. The Balaban J connectivity index is 3.30. The van der Waals surface area contributed by atoms with E-state index in [0.29, 0.717) is 5.02 Å². The van der Waals surface area contributed by atoms with Crippen LogP contribution in [0, 0.1) is 0 Å². The molecule has 2 nitrogen and oxygen atoms in total. The summed E-state index contributed by atoms with van der Waals surface area (Å²) in [4.78, 5) is 4.20. The summed E-state index contributed by atoms with van der Waals surface area (Å²) in [7, 11) is 0. The van der Waals surface area contributed by atoms with Gasteiger partial charge in [-0.05, 0) is 12.0 Å². The molecule has 0 aliphatic rings. The van der Waals surface area contributed by atoms with E-state index in [9.17, 15) is 0 Å². The molecule has 0 spiro atoms. The molecule has 13 heavy (non-hydrogen) atoms. The number of benzene rings is 1. The first-order chi connectivity index (χ1) is 6.07. The molecule has 1 N–H and O–H groups in total. The molecule has 0 aliphatic carbocycles. The Morgan fingerprint density at radius 3 is 2.38 bits per heavy atom. The quantitative estimate of drug-likeness (QED) is 0.604. The molecule has 0 aliphatic heterocycles. The van der Waals surface area contributed by atoms with Crippen LogP contribution in [0.2, 0.25) is 10.0 Å². The van der Waals surface area contributed by atoms with Crippen molar-refractivity contribution in [3.63, 3.8) is 0 Å². The molecule has 72 valence electrons. The van der Waals surface area contributed by atoms with Crippen LogP contribution < -0.4 is 4.89 Å². The van der Waals surface area contributed by atoms with Gasteiger partial charge in [0.25, 0.3) is 0 Å². The Kier molecular flexibility index (Phi) is 3.42. The zero-order valence-corrected chi connectivity index (χ0v) is 8.86. The summed E-state index contributed by atoms with van der Waals surface area (Å²) in [5.74, 6) is 0.459. The second-order valence-corrected chi connectivity index (χ2v) is 3.81. The van der Waals surface area contributed by atoms with E-state index in [2.05, 4.69) is 4.89 Å². The normalized spacial score (nSPS) is 10.6. The fourth-order valence-electron chi connectivity index (χ4n) is 1.09. The topological polar surface area (TPSA) is 29.5 Å². The summed E-state index contributed by atoms with van der Waals surface area (Å²) >= 11 is 11.6. The maximum absolute atomic E-state index is 8.63. The van der Waals surface area contributed by atoms with Gasteiger partial charge in [0.05, 0.1) is 5.02 Å². The minimum atomic E-state index is 0.219. The predicted molar refractivity (Wildman–Crippen MR) is 53.8 cm³/mol. The maximum atomic E-state index is 8.63. The molecule has 0 heterocycles. The van der Waals surface area contributed by atoms with E-state index in [1.54, 1.807) is 12.1 Å². The molecule has 4 heteroatoms. The Morgan fingerprint density at radius 1 is 1.31 bits per heavy atom. The van der Waals surface area contributed by atoms with E-state index < -0.39 is 0 Å². The van der Waals surface area contributed by atoms with Crippen molar-refractivity contribution < 1.29 is 10.1 Å². The Morgan fingerprint density at radius 2 is 1.92 bits per heavy atom. The van der Waals surface area contributed by atoms with Crippen LogP contribution in [-0.2, 0) is 0 Å². The first-order valence-electron chi connectivity index (χ1n) is 3.87. The summed E-state index contributed by atoms with van der Waals surface area (Å²) in [6.07, 6.45) is 0. The summed E-state index contributed by atoms with van der Waals surface area (Å²) in [5, 5.41) is 9.25. The fourth-order valence-corrected chi connectivity index (χ4v) is 1.45. The fraction of sp³-hybridized carbons (Fsp3) is 0.333. The number of halogens is 2. The molecule has 0 saturated carbocycles. The van der Waals surface area contributed by atoms with Crippen LogP contribution in [0.4, 0.5) is 0 Å². The molecule has 0 aromatic heterocycles. The zero-order valence-electron chi connectivity index (χ0n) is 7.34. The second kappa shape index (κ2) is 4.18. The van der Waals surface area contributed by atoms with Crippen LogP contribution in [0.25, 0.3) is 0 Å². The van der Waals surface area contributed by atoms with Gasteiger partial charge < -0.3 is 4.89 Å². The first kappa shape index (κ1) is 10.6. The second-order valence-electron chi connectivity index (χ2n) is 3.03. The molecule has 0 fully saturated rings. The highest BCUT2D eigenvalue weighted by molar-refractivity contribution is 6.43. The van der Waals surface area contributed by atoms with Crippen molar-refractivity contribution in [2.24, 2.45) is 0 Å². The smallest absolute Gasteiger partial charge is 0.188 e. The van der Waals surface area contributed by atoms with Gasteiger partial charge in [0.1, 0.15) is 5.02 Å². The molecule has 1 rings (SSSR count). The molecular formula is C9H10Cl2O2. The monoisotopic (exact) mass is 220 g/mol. The van der Waals surface area contributed by atoms with Crippen molar-refractivity contribution in [2.45, 2.75) is 19.8 Å². The van der Waals surface area contributed by atoms with Gasteiger partial charge in [0, 0.05) is 5.56 Å². The lowest BCUT2D eigenvalue weighted by molar-refractivity contribution is -0.138. The van der Waals surface area contributed by atoms with Gasteiger partial charge >= 0.3 is 0 Å². The Bertz CT molecular complexity index is 311. The maximum Gasteiger partial charge on any atom is 0.188 e. The third-order valence-electron chi connectivity index (χ3n) is 1.79. The highest BCUT2D eigenvalue weighted by Gasteiger charge is 2.14. The Hall–Kier alpha value is -0.440. The van der Waals surface area contributed by atoms with Crippen molar-refractivity contribution in [1.29, 1.82) is 0 Å². The van der Waals surface area contributed by atoms with Crippen molar-refractivity contribution in [3.05, 3.63) is 27.7 Å². The molecule has 0 unspecified atom stereocenters. The number of rotatable bonds is 2. The van der Waals surface area contributed by atoms with E-state index in [1.807, 2.05) is 13.8 Å². The van der Waals surface area contributed by atoms with Crippen LogP contribution in [0.5, 0.6) is 5.75 Å². The van der Waals surface area contributed by atoms with Crippen LogP contribution in [-0.4, -0.2) is 5.26 Å². The van der Waals surface area contributed by atoms with Gasteiger partial charge in [-0.1, -0.05) is 43.1 Å². The van der Waals surface area contributed by atoms with E-state index in [0.717, 1.165) is 5.56 Å². The summed E-state index contributed by atoms with van der Waals surface area (Å²) in [5.41, 5.74) is 0.830. The van der Waals surface area contributed by atoms with E-state index >= 15 is 0 Å². The molecular weight excluding hydrogens is 211 g/mol. The number of hydrogen-bond donors (Lipinski definition) is 1. The van der Waals surface area contributed by atoms with Gasteiger partial charge in [-0.15, -0.1) is 0 Å². The average Bonchev–Trinajstić information content (AvgIpc) is 2.09. The van der Waals surface area contributed by atoms with Gasteiger partial charge in [0.15, 0.2) is 5.75 Å². The summed E-state index contributed by atoms with van der Waals surface area (Å²) in [6, 6.07) is 3.46. The number of hydrogen-bond acceptors (Lipinski definition) is 2. The van der Waals surface area contributed by atoms with Gasteiger partial charge in [-0.25, -0.2) is 5.26 Å². The molecule has 0 saturated heterocycles. The van der Waals surface area contributed by atoms with Crippen molar-refractivity contribution in [1.82, 2.24) is 0 Å². The van der Waals surface area contributed by atoms with Crippen LogP contribution in [0.15, 0.2) is 12.1 Å². The first-order valence-corrected chi connectivity index (χ1v) is 4.62. The molecule has 0 bridgehead atoms. The van der Waals surface area contributed by atoms with Gasteiger partial charge in [0.2, 0.25) is 0 Å².